The van der Waals surface area contributed by atoms with Gasteiger partial charge in [0, 0.05) is 12.2 Å². The van der Waals surface area contributed by atoms with E-state index >= 15 is 0 Å². The summed E-state index contributed by atoms with van der Waals surface area (Å²) in [4.78, 5) is 11.1. The van der Waals surface area contributed by atoms with Gasteiger partial charge in [-0.05, 0) is 48.5 Å². The Morgan fingerprint density at radius 3 is 2.62 bits per heavy atom. The van der Waals surface area contributed by atoms with E-state index in [4.69, 9.17) is 5.14 Å². The maximum absolute atomic E-state index is 11.3. The maximum Gasteiger partial charge on any atom is 0.337 e. The van der Waals surface area contributed by atoms with Crippen LogP contribution in [0.25, 0.3) is 0 Å². The Kier molecular flexibility index (Phi) is 5.13. The summed E-state index contributed by atoms with van der Waals surface area (Å²) in [6, 6.07) is 3.87. The summed E-state index contributed by atoms with van der Waals surface area (Å²) in [6.45, 7) is 0.690. The summed E-state index contributed by atoms with van der Waals surface area (Å²) in [5.74, 6) is 1.60. The van der Waals surface area contributed by atoms with Crippen LogP contribution in [-0.2, 0) is 10.0 Å². The van der Waals surface area contributed by atoms with Gasteiger partial charge < -0.3 is 10.4 Å². The first-order chi connectivity index (χ1) is 9.88. The molecule has 116 valence electrons. The Bertz CT molecular complexity index is 625. The van der Waals surface area contributed by atoms with E-state index < -0.39 is 16.0 Å². The van der Waals surface area contributed by atoms with Crippen LogP contribution in [0.2, 0.25) is 0 Å². The first-order valence-electron chi connectivity index (χ1n) is 6.59. The van der Waals surface area contributed by atoms with Crippen LogP contribution in [0.1, 0.15) is 23.2 Å². The van der Waals surface area contributed by atoms with E-state index in [1.54, 1.807) is 0 Å². The average molecular weight is 330 g/mol. The number of aromatic carboxylic acids is 1. The first-order valence-corrected chi connectivity index (χ1v) is 9.30. The summed E-state index contributed by atoms with van der Waals surface area (Å²) >= 11 is 1.93. The molecule has 1 saturated heterocycles. The lowest BCUT2D eigenvalue weighted by molar-refractivity contribution is 0.0697. The molecule has 1 aliphatic heterocycles. The van der Waals surface area contributed by atoms with Crippen LogP contribution >= 0.6 is 11.8 Å². The van der Waals surface area contributed by atoms with Crippen LogP contribution in [-0.4, -0.2) is 37.5 Å². The van der Waals surface area contributed by atoms with Gasteiger partial charge in [-0.3, -0.25) is 0 Å². The zero-order valence-corrected chi connectivity index (χ0v) is 13.0. The molecule has 1 fully saturated rings. The minimum absolute atomic E-state index is 0.0771. The molecular formula is C13H18N2O4S2. The van der Waals surface area contributed by atoms with Gasteiger partial charge in [0.25, 0.3) is 0 Å². The van der Waals surface area contributed by atoms with E-state index in [9.17, 15) is 18.3 Å². The molecule has 0 spiro atoms. The Morgan fingerprint density at radius 1 is 1.38 bits per heavy atom. The minimum Gasteiger partial charge on any atom is -0.478 e. The molecule has 1 heterocycles. The molecule has 0 unspecified atom stereocenters. The number of carboxylic acid groups (broad SMARTS) is 1. The topological polar surface area (TPSA) is 109 Å². The number of carbonyl (C=O) groups is 1. The number of thioether (sulfide) groups is 1. The average Bonchev–Trinajstić information content (AvgIpc) is 2.45. The van der Waals surface area contributed by atoms with Crippen molar-refractivity contribution in [3.05, 3.63) is 23.8 Å². The molecule has 8 heteroatoms. The standard InChI is InChI=1S/C13H18N2O4S2/c14-21(18,19)10-1-2-12(11(7-10)13(16)17)15-8-9-3-5-20-6-4-9/h1-2,7,9,15H,3-6,8H2,(H,16,17)(H2,14,18,19). The SMILES string of the molecule is NS(=O)(=O)c1ccc(NCC2CCSCC2)c(C(=O)O)c1. The lowest BCUT2D eigenvalue weighted by Crippen LogP contribution is -2.20. The molecule has 1 aliphatic rings. The highest BCUT2D eigenvalue weighted by atomic mass is 32.2. The van der Waals surface area contributed by atoms with Crippen molar-refractivity contribution in [1.29, 1.82) is 0 Å². The summed E-state index contributed by atoms with van der Waals surface area (Å²) in [7, 11) is -3.90. The number of carboxylic acids is 1. The number of anilines is 1. The predicted molar refractivity (Wildman–Crippen MR) is 83.3 cm³/mol. The van der Waals surface area contributed by atoms with Gasteiger partial charge >= 0.3 is 5.97 Å². The summed E-state index contributed by atoms with van der Waals surface area (Å²) < 4.78 is 22.6. The molecule has 21 heavy (non-hydrogen) atoms. The second-order valence-corrected chi connectivity index (χ2v) is 7.78. The number of primary sulfonamides is 1. The zero-order valence-electron chi connectivity index (χ0n) is 11.4. The summed E-state index contributed by atoms with van der Waals surface area (Å²) in [6.07, 6.45) is 2.21. The second kappa shape index (κ2) is 6.67. The molecule has 2 rings (SSSR count). The number of hydrogen-bond donors (Lipinski definition) is 3. The van der Waals surface area contributed by atoms with Gasteiger partial charge in [0.05, 0.1) is 10.5 Å². The van der Waals surface area contributed by atoms with E-state index in [1.165, 1.54) is 12.1 Å². The van der Waals surface area contributed by atoms with Gasteiger partial charge in [0.15, 0.2) is 0 Å². The zero-order chi connectivity index (χ0) is 15.5. The predicted octanol–water partition coefficient (Wildman–Crippen LogP) is 1.59. The second-order valence-electron chi connectivity index (χ2n) is 4.99. The van der Waals surface area contributed by atoms with E-state index in [1.807, 2.05) is 11.8 Å². The first kappa shape index (κ1) is 16.1. The van der Waals surface area contributed by atoms with Crippen molar-refractivity contribution in [3.8, 4) is 0 Å². The van der Waals surface area contributed by atoms with Crippen LogP contribution in [0.3, 0.4) is 0 Å². The molecule has 0 bridgehead atoms. The van der Waals surface area contributed by atoms with Gasteiger partial charge in [-0.2, -0.15) is 11.8 Å². The fraction of sp³-hybridized carbons (Fsp3) is 0.462. The third kappa shape index (κ3) is 4.36. The van der Waals surface area contributed by atoms with Crippen LogP contribution in [0.5, 0.6) is 0 Å². The molecule has 1 aromatic carbocycles. The molecular weight excluding hydrogens is 312 g/mol. The summed E-state index contributed by atoms with van der Waals surface area (Å²) in [5, 5.41) is 17.4. The lowest BCUT2D eigenvalue weighted by atomic mass is 10.0. The van der Waals surface area contributed by atoms with Gasteiger partial charge in [0.1, 0.15) is 0 Å². The molecule has 0 aromatic heterocycles. The van der Waals surface area contributed by atoms with Gasteiger partial charge in [-0.25, -0.2) is 18.4 Å². The highest BCUT2D eigenvalue weighted by Crippen LogP contribution is 2.25. The summed E-state index contributed by atoms with van der Waals surface area (Å²) in [5.41, 5.74) is 0.347. The molecule has 0 aliphatic carbocycles. The molecule has 1 aromatic rings. The van der Waals surface area contributed by atoms with Crippen molar-refractivity contribution in [2.45, 2.75) is 17.7 Å². The van der Waals surface area contributed by atoms with Gasteiger partial charge in [0.2, 0.25) is 10.0 Å². The fourth-order valence-corrected chi connectivity index (χ4v) is 3.98. The smallest absolute Gasteiger partial charge is 0.337 e. The molecule has 0 radical (unpaired) electrons. The molecule has 0 amide bonds. The van der Waals surface area contributed by atoms with Crippen molar-refractivity contribution in [3.63, 3.8) is 0 Å². The quantitative estimate of drug-likeness (QED) is 0.756. The van der Waals surface area contributed by atoms with E-state index in [2.05, 4.69) is 5.32 Å². The molecule has 6 nitrogen and oxygen atoms in total. The number of rotatable bonds is 5. The largest absolute Gasteiger partial charge is 0.478 e. The van der Waals surface area contributed by atoms with Gasteiger partial charge in [-0.15, -0.1) is 0 Å². The van der Waals surface area contributed by atoms with Crippen molar-refractivity contribution in [2.75, 3.05) is 23.4 Å². The van der Waals surface area contributed by atoms with Crippen LogP contribution in [0.15, 0.2) is 23.1 Å². The Balaban J connectivity index is 2.16. The normalized spacial score (nSPS) is 16.6. The van der Waals surface area contributed by atoms with Crippen molar-refractivity contribution in [1.82, 2.24) is 0 Å². The fourth-order valence-electron chi connectivity index (χ4n) is 2.24. The van der Waals surface area contributed by atoms with E-state index in [0.717, 1.165) is 30.4 Å². The monoisotopic (exact) mass is 330 g/mol. The van der Waals surface area contributed by atoms with Crippen LogP contribution in [0, 0.1) is 5.92 Å². The van der Waals surface area contributed by atoms with Crippen molar-refractivity contribution < 1.29 is 18.3 Å². The third-order valence-corrected chi connectivity index (χ3v) is 5.43. The third-order valence-electron chi connectivity index (χ3n) is 3.47. The Morgan fingerprint density at radius 2 is 2.05 bits per heavy atom. The maximum atomic E-state index is 11.3. The molecule has 0 saturated carbocycles. The molecule has 0 atom stereocenters. The van der Waals surface area contributed by atoms with Crippen molar-refractivity contribution in [2.24, 2.45) is 11.1 Å². The molecule has 4 N–H and O–H groups in total. The number of nitrogens with one attached hydrogen (secondary N) is 1. The van der Waals surface area contributed by atoms with Crippen LogP contribution < -0.4 is 10.5 Å². The lowest BCUT2D eigenvalue weighted by Gasteiger charge is -2.22. The minimum atomic E-state index is -3.90. The number of hydrogen-bond acceptors (Lipinski definition) is 5. The Labute approximate surface area is 128 Å². The number of sulfonamides is 1. The van der Waals surface area contributed by atoms with E-state index in [-0.39, 0.29) is 10.5 Å². The number of nitrogens with two attached hydrogens (primary N) is 1. The van der Waals surface area contributed by atoms with Gasteiger partial charge in [-0.1, -0.05) is 0 Å². The van der Waals surface area contributed by atoms with Crippen molar-refractivity contribution >= 4 is 33.4 Å². The Hall–Kier alpha value is -1.25. The highest BCUT2D eigenvalue weighted by Gasteiger charge is 2.18. The highest BCUT2D eigenvalue weighted by molar-refractivity contribution is 7.99. The van der Waals surface area contributed by atoms with Crippen LogP contribution in [0.4, 0.5) is 5.69 Å². The number of benzene rings is 1. The van der Waals surface area contributed by atoms with E-state index in [0.29, 0.717) is 18.2 Å².